The maximum absolute atomic E-state index is 4.51. The zero-order valence-electron chi connectivity index (χ0n) is 12.3. The third kappa shape index (κ3) is 2.95. The lowest BCUT2D eigenvalue weighted by molar-refractivity contribution is 1.28. The molecule has 1 N–H and O–H groups in total. The van der Waals surface area contributed by atoms with Crippen LogP contribution in [-0.2, 0) is 0 Å². The molecule has 0 unspecified atom stereocenters. The molecule has 1 aromatic heterocycles. The topological polar surface area (TPSA) is 37.3 Å². The zero-order valence-corrected chi connectivity index (χ0v) is 13.2. The van der Waals surface area contributed by atoms with Crippen LogP contribution >= 0.6 is 11.3 Å². The minimum Gasteiger partial charge on any atom is -0.252 e. The number of thiazole rings is 1. The Bertz CT molecular complexity index is 785. The highest BCUT2D eigenvalue weighted by Gasteiger charge is 2.03. The van der Waals surface area contributed by atoms with Crippen molar-refractivity contribution in [2.24, 2.45) is 5.10 Å². The molecule has 0 atom stereocenters. The fourth-order valence-electron chi connectivity index (χ4n) is 2.08. The molecule has 0 saturated heterocycles. The van der Waals surface area contributed by atoms with Gasteiger partial charge in [0.15, 0.2) is 0 Å². The predicted octanol–water partition coefficient (Wildman–Crippen LogP) is 4.75. The number of hydrogen-bond donors (Lipinski definition) is 1. The van der Waals surface area contributed by atoms with E-state index in [1.807, 2.05) is 25.1 Å². The summed E-state index contributed by atoms with van der Waals surface area (Å²) >= 11 is 1.61. The van der Waals surface area contributed by atoms with Crippen molar-refractivity contribution in [3.8, 4) is 0 Å². The van der Waals surface area contributed by atoms with Gasteiger partial charge in [0.25, 0.3) is 0 Å². The van der Waals surface area contributed by atoms with Crippen molar-refractivity contribution < 1.29 is 0 Å². The number of anilines is 1. The van der Waals surface area contributed by atoms with Gasteiger partial charge in [0.05, 0.1) is 15.9 Å². The Hall–Kier alpha value is -2.20. The number of benzene rings is 2. The summed E-state index contributed by atoms with van der Waals surface area (Å²) < 4.78 is 1.17. The number of hydrazone groups is 1. The SMILES string of the molecule is C/C(=N/Nc1nc2ccccc2s1)c1ccc(C)c(C)c1. The molecule has 0 saturated carbocycles. The fourth-order valence-corrected chi connectivity index (χ4v) is 2.89. The number of nitrogens with zero attached hydrogens (tertiary/aromatic N) is 2. The summed E-state index contributed by atoms with van der Waals surface area (Å²) in [7, 11) is 0. The Morgan fingerprint density at radius 1 is 1.10 bits per heavy atom. The van der Waals surface area contributed by atoms with E-state index in [1.54, 1.807) is 11.3 Å². The molecule has 0 aliphatic heterocycles. The number of fused-ring (bicyclic) bond motifs is 1. The lowest BCUT2D eigenvalue weighted by Crippen LogP contribution is -2.00. The normalized spacial score (nSPS) is 11.9. The highest BCUT2D eigenvalue weighted by Crippen LogP contribution is 2.25. The quantitative estimate of drug-likeness (QED) is 0.559. The molecular weight excluding hydrogens is 278 g/mol. The van der Waals surface area contributed by atoms with Crippen LogP contribution in [0.4, 0.5) is 5.13 Å². The third-order valence-corrected chi connectivity index (χ3v) is 4.48. The second-order valence-corrected chi connectivity index (χ2v) is 6.13. The highest BCUT2D eigenvalue weighted by atomic mass is 32.1. The summed E-state index contributed by atoms with van der Waals surface area (Å²) in [6.45, 7) is 6.24. The number of nitrogens with one attached hydrogen (secondary N) is 1. The molecule has 106 valence electrons. The Balaban J connectivity index is 1.82. The van der Waals surface area contributed by atoms with Gasteiger partial charge >= 0.3 is 0 Å². The van der Waals surface area contributed by atoms with Crippen molar-refractivity contribution in [1.29, 1.82) is 0 Å². The summed E-state index contributed by atoms with van der Waals surface area (Å²) in [5, 5.41) is 5.26. The fraction of sp³-hybridized carbons (Fsp3) is 0.176. The van der Waals surface area contributed by atoms with Gasteiger partial charge in [-0.1, -0.05) is 35.6 Å². The van der Waals surface area contributed by atoms with Crippen LogP contribution in [0.15, 0.2) is 47.6 Å². The molecule has 3 nitrogen and oxygen atoms in total. The van der Waals surface area contributed by atoms with Crippen LogP contribution in [0.2, 0.25) is 0 Å². The highest BCUT2D eigenvalue weighted by molar-refractivity contribution is 7.22. The minimum atomic E-state index is 0.819. The number of hydrogen-bond acceptors (Lipinski definition) is 4. The van der Waals surface area contributed by atoms with E-state index in [1.165, 1.54) is 15.8 Å². The Morgan fingerprint density at radius 3 is 2.67 bits per heavy atom. The third-order valence-electron chi connectivity index (χ3n) is 3.54. The Morgan fingerprint density at radius 2 is 1.90 bits per heavy atom. The molecule has 3 aromatic rings. The van der Waals surface area contributed by atoms with Crippen LogP contribution in [0.1, 0.15) is 23.6 Å². The Labute approximate surface area is 128 Å². The van der Waals surface area contributed by atoms with Crippen molar-refractivity contribution in [2.75, 3.05) is 5.43 Å². The standard InChI is InChI=1S/C17H17N3S/c1-11-8-9-14(10-12(11)2)13(3)19-20-17-18-15-6-4-5-7-16(15)21-17/h4-10H,1-3H3,(H,18,20)/b19-13-. The number of para-hydroxylation sites is 1. The lowest BCUT2D eigenvalue weighted by atomic mass is 10.0. The molecule has 0 aliphatic rings. The maximum atomic E-state index is 4.51. The van der Waals surface area contributed by atoms with Gasteiger partial charge in [-0.2, -0.15) is 5.10 Å². The van der Waals surface area contributed by atoms with E-state index in [4.69, 9.17) is 0 Å². The van der Waals surface area contributed by atoms with Crippen molar-refractivity contribution >= 4 is 32.4 Å². The molecule has 1 heterocycles. The maximum Gasteiger partial charge on any atom is 0.204 e. The molecule has 0 spiro atoms. The first kappa shape index (κ1) is 13.8. The first-order valence-corrected chi connectivity index (χ1v) is 7.68. The van der Waals surface area contributed by atoms with Gasteiger partial charge in [0.1, 0.15) is 0 Å². The Kier molecular flexibility index (Phi) is 3.71. The van der Waals surface area contributed by atoms with Gasteiger partial charge in [-0.3, -0.25) is 5.43 Å². The smallest absolute Gasteiger partial charge is 0.204 e. The summed E-state index contributed by atoms with van der Waals surface area (Å²) in [5.41, 5.74) is 8.73. The molecule has 0 fully saturated rings. The van der Waals surface area contributed by atoms with Gasteiger partial charge in [-0.25, -0.2) is 4.98 Å². The number of aryl methyl sites for hydroxylation is 2. The minimum absolute atomic E-state index is 0.819. The van der Waals surface area contributed by atoms with Gasteiger partial charge in [0.2, 0.25) is 5.13 Å². The summed E-state index contributed by atoms with van der Waals surface area (Å²) in [6.07, 6.45) is 0. The molecule has 0 aliphatic carbocycles. The van der Waals surface area contributed by atoms with Crippen LogP contribution in [0.25, 0.3) is 10.2 Å². The largest absolute Gasteiger partial charge is 0.252 e. The van der Waals surface area contributed by atoms with Crippen LogP contribution in [0, 0.1) is 13.8 Å². The predicted molar refractivity (Wildman–Crippen MR) is 91.4 cm³/mol. The molecule has 0 radical (unpaired) electrons. The molecule has 3 rings (SSSR count). The van der Waals surface area contributed by atoms with E-state index in [9.17, 15) is 0 Å². The van der Waals surface area contributed by atoms with Gasteiger partial charge in [-0.15, -0.1) is 0 Å². The summed E-state index contributed by atoms with van der Waals surface area (Å²) in [5.74, 6) is 0. The molecule has 4 heteroatoms. The van der Waals surface area contributed by atoms with Crippen molar-refractivity contribution in [2.45, 2.75) is 20.8 Å². The first-order chi connectivity index (χ1) is 10.1. The molecular formula is C17H17N3S. The number of aromatic nitrogens is 1. The van der Waals surface area contributed by atoms with Crippen LogP contribution in [0.5, 0.6) is 0 Å². The summed E-state index contributed by atoms with van der Waals surface area (Å²) in [4.78, 5) is 4.51. The monoisotopic (exact) mass is 295 g/mol. The average Bonchev–Trinajstić information content (AvgIpc) is 2.90. The van der Waals surface area contributed by atoms with E-state index in [0.29, 0.717) is 0 Å². The zero-order chi connectivity index (χ0) is 14.8. The second kappa shape index (κ2) is 5.66. The van der Waals surface area contributed by atoms with Crippen LogP contribution < -0.4 is 5.43 Å². The van der Waals surface area contributed by atoms with Crippen molar-refractivity contribution in [1.82, 2.24) is 4.98 Å². The van der Waals surface area contributed by atoms with Crippen LogP contribution in [-0.4, -0.2) is 10.7 Å². The summed E-state index contributed by atoms with van der Waals surface area (Å²) in [6, 6.07) is 14.5. The van der Waals surface area contributed by atoms with Gasteiger partial charge in [0, 0.05) is 0 Å². The average molecular weight is 295 g/mol. The van der Waals surface area contributed by atoms with E-state index < -0.39 is 0 Å². The van der Waals surface area contributed by atoms with Crippen molar-refractivity contribution in [3.05, 3.63) is 59.2 Å². The van der Waals surface area contributed by atoms with E-state index in [0.717, 1.165) is 21.9 Å². The lowest BCUT2D eigenvalue weighted by Gasteiger charge is -2.05. The first-order valence-electron chi connectivity index (χ1n) is 6.87. The van der Waals surface area contributed by atoms with Crippen LogP contribution in [0.3, 0.4) is 0 Å². The molecule has 2 aromatic carbocycles. The van der Waals surface area contributed by atoms with E-state index in [2.05, 4.69) is 53.6 Å². The number of rotatable bonds is 3. The molecule has 21 heavy (non-hydrogen) atoms. The van der Waals surface area contributed by atoms with E-state index in [-0.39, 0.29) is 0 Å². The van der Waals surface area contributed by atoms with Crippen molar-refractivity contribution in [3.63, 3.8) is 0 Å². The van der Waals surface area contributed by atoms with E-state index >= 15 is 0 Å². The second-order valence-electron chi connectivity index (χ2n) is 5.09. The molecule has 0 amide bonds. The van der Waals surface area contributed by atoms with Gasteiger partial charge < -0.3 is 0 Å². The molecule has 0 bridgehead atoms. The van der Waals surface area contributed by atoms with Gasteiger partial charge in [-0.05, 0) is 55.7 Å².